The molecule has 1 atom stereocenters. The molecular weight excluding hydrogens is 374 g/mol. The summed E-state index contributed by atoms with van der Waals surface area (Å²) in [6.07, 6.45) is 8.03. The van der Waals surface area contributed by atoms with Crippen molar-refractivity contribution in [3.05, 3.63) is 59.7 Å². The van der Waals surface area contributed by atoms with E-state index in [1.165, 1.54) is 12.8 Å². The summed E-state index contributed by atoms with van der Waals surface area (Å²) >= 11 is 0. The van der Waals surface area contributed by atoms with Gasteiger partial charge in [0.25, 0.3) is 0 Å². The van der Waals surface area contributed by atoms with E-state index >= 15 is 0 Å². The second-order valence-electron chi connectivity index (χ2n) is 8.69. The Kier molecular flexibility index (Phi) is 7.07. The fourth-order valence-electron chi connectivity index (χ4n) is 4.75. The van der Waals surface area contributed by atoms with Gasteiger partial charge in [0.2, 0.25) is 5.91 Å². The Hall–Kier alpha value is -2.31. The molecule has 1 N–H and O–H groups in total. The van der Waals surface area contributed by atoms with Crippen molar-refractivity contribution in [3.63, 3.8) is 0 Å². The van der Waals surface area contributed by atoms with Gasteiger partial charge in [-0.1, -0.05) is 12.1 Å². The summed E-state index contributed by atoms with van der Waals surface area (Å²) in [6, 6.07) is 10.8. The molecule has 4 rings (SSSR count). The van der Waals surface area contributed by atoms with Gasteiger partial charge in [-0.05, 0) is 62.9 Å². The first-order valence-corrected chi connectivity index (χ1v) is 11.2. The third-order valence-electron chi connectivity index (χ3n) is 6.42. The molecule has 2 aromatic heterocycles. The van der Waals surface area contributed by atoms with E-state index in [9.17, 15) is 4.79 Å². The smallest absolute Gasteiger partial charge is 0.224 e. The molecule has 0 aromatic carbocycles. The Morgan fingerprint density at radius 2 is 2.00 bits per heavy atom. The minimum atomic E-state index is 0.102. The third-order valence-corrected chi connectivity index (χ3v) is 6.42. The fourth-order valence-corrected chi connectivity index (χ4v) is 4.75. The van der Waals surface area contributed by atoms with Crippen molar-refractivity contribution in [2.45, 2.75) is 51.7 Å². The average Bonchev–Trinajstić information content (AvgIpc) is 2.79. The van der Waals surface area contributed by atoms with E-state index in [1.807, 2.05) is 18.3 Å². The molecule has 2 aliphatic rings. The minimum absolute atomic E-state index is 0.102. The second-order valence-corrected chi connectivity index (χ2v) is 8.69. The highest BCUT2D eigenvalue weighted by Gasteiger charge is 2.31. The van der Waals surface area contributed by atoms with E-state index in [1.54, 1.807) is 6.20 Å². The standard InChI is InChI=1S/C24H33N5O/c1-19-5-2-8-22(27-19)18-28-13-9-23(10-14-28)29-12-4-7-21(17-29)24(30)26-16-20-6-3-11-25-15-20/h2-3,5-6,8,11,15,21,23H,4,7,9-10,12-14,16-18H2,1H3,(H,26,30). The van der Waals surface area contributed by atoms with Crippen molar-refractivity contribution in [2.24, 2.45) is 5.92 Å². The van der Waals surface area contributed by atoms with E-state index in [2.05, 4.69) is 50.2 Å². The highest BCUT2D eigenvalue weighted by Crippen LogP contribution is 2.24. The molecule has 2 saturated heterocycles. The van der Waals surface area contributed by atoms with Crippen LogP contribution in [-0.2, 0) is 17.9 Å². The topological polar surface area (TPSA) is 61.4 Å². The molecule has 30 heavy (non-hydrogen) atoms. The first kappa shape index (κ1) is 20.9. The van der Waals surface area contributed by atoms with Gasteiger partial charge in [-0.3, -0.25) is 24.6 Å². The van der Waals surface area contributed by atoms with Gasteiger partial charge >= 0.3 is 0 Å². The Morgan fingerprint density at radius 3 is 2.77 bits per heavy atom. The molecule has 2 aromatic rings. The largest absolute Gasteiger partial charge is 0.352 e. The number of carbonyl (C=O) groups excluding carboxylic acids is 1. The molecule has 6 heteroatoms. The van der Waals surface area contributed by atoms with Gasteiger partial charge in [0.05, 0.1) is 11.6 Å². The lowest BCUT2D eigenvalue weighted by Gasteiger charge is -2.42. The number of nitrogens with zero attached hydrogens (tertiary/aromatic N) is 4. The van der Waals surface area contributed by atoms with Gasteiger partial charge in [-0.25, -0.2) is 0 Å². The lowest BCUT2D eigenvalue weighted by atomic mass is 9.93. The van der Waals surface area contributed by atoms with Crippen molar-refractivity contribution in [1.82, 2.24) is 25.1 Å². The molecule has 0 saturated carbocycles. The van der Waals surface area contributed by atoms with E-state index in [0.29, 0.717) is 12.6 Å². The van der Waals surface area contributed by atoms with E-state index in [0.717, 1.165) is 62.5 Å². The van der Waals surface area contributed by atoms with Crippen LogP contribution in [0.5, 0.6) is 0 Å². The molecule has 2 aliphatic heterocycles. The normalized spacial score (nSPS) is 21.4. The molecule has 160 valence electrons. The van der Waals surface area contributed by atoms with Crippen LogP contribution in [0.3, 0.4) is 0 Å². The first-order chi connectivity index (χ1) is 14.7. The Balaban J connectivity index is 1.23. The van der Waals surface area contributed by atoms with Crippen molar-refractivity contribution < 1.29 is 4.79 Å². The van der Waals surface area contributed by atoms with Crippen molar-refractivity contribution in [2.75, 3.05) is 26.2 Å². The molecule has 0 spiro atoms. The molecule has 1 amide bonds. The van der Waals surface area contributed by atoms with Gasteiger partial charge in [0.1, 0.15) is 0 Å². The van der Waals surface area contributed by atoms with Crippen LogP contribution in [0.15, 0.2) is 42.7 Å². The number of aromatic nitrogens is 2. The number of hydrogen-bond acceptors (Lipinski definition) is 5. The lowest BCUT2D eigenvalue weighted by molar-refractivity contribution is -0.127. The maximum atomic E-state index is 12.7. The van der Waals surface area contributed by atoms with Crippen LogP contribution in [0, 0.1) is 12.8 Å². The Bertz CT molecular complexity index is 819. The number of amides is 1. The molecule has 2 fully saturated rings. The highest BCUT2D eigenvalue weighted by atomic mass is 16.1. The van der Waals surface area contributed by atoms with Crippen LogP contribution in [0.1, 0.15) is 42.6 Å². The van der Waals surface area contributed by atoms with Crippen LogP contribution in [0.4, 0.5) is 0 Å². The maximum absolute atomic E-state index is 12.7. The lowest BCUT2D eigenvalue weighted by Crippen LogP contribution is -2.50. The fraction of sp³-hybridized carbons (Fsp3) is 0.542. The zero-order valence-corrected chi connectivity index (χ0v) is 18.0. The van der Waals surface area contributed by atoms with Gasteiger partial charge in [0, 0.05) is 56.9 Å². The minimum Gasteiger partial charge on any atom is -0.352 e. The first-order valence-electron chi connectivity index (χ1n) is 11.2. The van der Waals surface area contributed by atoms with Crippen LogP contribution in [-0.4, -0.2) is 57.9 Å². The van der Waals surface area contributed by atoms with Crippen molar-refractivity contribution >= 4 is 5.91 Å². The maximum Gasteiger partial charge on any atom is 0.224 e. The molecular formula is C24H33N5O. The number of pyridine rings is 2. The van der Waals surface area contributed by atoms with E-state index in [4.69, 9.17) is 0 Å². The van der Waals surface area contributed by atoms with Gasteiger partial charge < -0.3 is 5.32 Å². The summed E-state index contributed by atoms with van der Waals surface area (Å²) in [5.74, 6) is 0.288. The summed E-state index contributed by atoms with van der Waals surface area (Å²) in [7, 11) is 0. The SMILES string of the molecule is Cc1cccc(CN2CCC(N3CCCC(C(=O)NCc4cccnc4)C3)CC2)n1. The number of rotatable bonds is 6. The molecule has 6 nitrogen and oxygen atoms in total. The molecule has 1 unspecified atom stereocenters. The summed E-state index contributed by atoms with van der Waals surface area (Å²) in [4.78, 5) is 26.6. The number of nitrogens with one attached hydrogen (secondary N) is 1. The molecule has 0 radical (unpaired) electrons. The summed E-state index contributed by atoms with van der Waals surface area (Å²) in [5.41, 5.74) is 3.30. The second kappa shape index (κ2) is 10.1. The van der Waals surface area contributed by atoms with Crippen molar-refractivity contribution in [1.29, 1.82) is 0 Å². The Morgan fingerprint density at radius 1 is 1.13 bits per heavy atom. The Labute approximate surface area is 179 Å². The average molecular weight is 408 g/mol. The van der Waals surface area contributed by atoms with Crippen LogP contribution in [0.2, 0.25) is 0 Å². The molecule has 0 bridgehead atoms. The van der Waals surface area contributed by atoms with Gasteiger partial charge in [0.15, 0.2) is 0 Å². The summed E-state index contributed by atoms with van der Waals surface area (Å²) < 4.78 is 0. The van der Waals surface area contributed by atoms with Crippen LogP contribution in [0.25, 0.3) is 0 Å². The van der Waals surface area contributed by atoms with Gasteiger partial charge in [-0.15, -0.1) is 0 Å². The molecule has 0 aliphatic carbocycles. The monoisotopic (exact) mass is 407 g/mol. The molecule has 4 heterocycles. The number of likely N-dealkylation sites (tertiary alicyclic amines) is 2. The van der Waals surface area contributed by atoms with Crippen molar-refractivity contribution in [3.8, 4) is 0 Å². The predicted octanol–water partition coefficient (Wildman–Crippen LogP) is 2.78. The highest BCUT2D eigenvalue weighted by molar-refractivity contribution is 5.78. The van der Waals surface area contributed by atoms with E-state index < -0.39 is 0 Å². The number of piperidine rings is 2. The number of aryl methyl sites for hydroxylation is 1. The number of hydrogen-bond donors (Lipinski definition) is 1. The van der Waals surface area contributed by atoms with Gasteiger partial charge in [-0.2, -0.15) is 0 Å². The van der Waals surface area contributed by atoms with E-state index in [-0.39, 0.29) is 11.8 Å². The zero-order valence-electron chi connectivity index (χ0n) is 18.0. The number of carbonyl (C=O) groups is 1. The third kappa shape index (κ3) is 5.64. The summed E-state index contributed by atoms with van der Waals surface area (Å²) in [6.45, 7) is 7.78. The summed E-state index contributed by atoms with van der Waals surface area (Å²) in [5, 5.41) is 3.11. The predicted molar refractivity (Wildman–Crippen MR) is 118 cm³/mol. The zero-order chi connectivity index (χ0) is 20.8. The van der Waals surface area contributed by atoms with Crippen LogP contribution >= 0.6 is 0 Å². The van der Waals surface area contributed by atoms with Crippen LogP contribution < -0.4 is 5.32 Å². The quantitative estimate of drug-likeness (QED) is 0.798.